The second-order valence-corrected chi connectivity index (χ2v) is 10.8. The van der Waals surface area contributed by atoms with Crippen molar-refractivity contribution >= 4 is 17.2 Å². The number of nitrogens with zero attached hydrogens (tertiary/aromatic N) is 2. The smallest absolute Gasteiger partial charge is 0.241 e. The summed E-state index contributed by atoms with van der Waals surface area (Å²) in [6.07, 6.45) is 3.76. The molecule has 3 atom stereocenters. The Bertz CT molecular complexity index is 1280. The summed E-state index contributed by atoms with van der Waals surface area (Å²) in [6.45, 7) is 4.20. The molecule has 0 aliphatic heterocycles. The van der Waals surface area contributed by atoms with Crippen molar-refractivity contribution in [1.29, 1.82) is 5.26 Å². The van der Waals surface area contributed by atoms with Gasteiger partial charge in [-0.2, -0.15) is 5.26 Å². The standard InChI is InChI=1S/C27H26F2N4OS/c1-16(2)21-14-27(21,25(34)33-26(15-30)9-10-26)32-23(24-31-11-12-35-24)18-5-3-17(4-6-18)20-8-7-19(28)13-22(20)29/h3-8,11-13,16,21,23,32H,9-10,14H2,1-2H3,(H,33,34)/t21?,23-,27?/m0/s1. The third kappa shape index (κ3) is 4.46. The second-order valence-electron chi connectivity index (χ2n) is 9.87. The number of hydrogen-bond donors (Lipinski definition) is 2. The van der Waals surface area contributed by atoms with E-state index in [9.17, 15) is 18.8 Å². The molecule has 5 rings (SSSR count). The van der Waals surface area contributed by atoms with Crippen LogP contribution in [-0.2, 0) is 4.79 Å². The molecule has 0 bridgehead atoms. The third-order valence-electron chi connectivity index (χ3n) is 7.13. The molecule has 2 aliphatic rings. The van der Waals surface area contributed by atoms with Crippen LogP contribution in [0.1, 0.15) is 49.7 Å². The molecule has 0 saturated heterocycles. The lowest BCUT2D eigenvalue weighted by atomic mass is 9.97. The number of thiazole rings is 1. The number of nitrogens with one attached hydrogen (secondary N) is 2. The van der Waals surface area contributed by atoms with Crippen LogP contribution in [0.25, 0.3) is 11.1 Å². The van der Waals surface area contributed by atoms with Crippen LogP contribution in [0.2, 0.25) is 0 Å². The van der Waals surface area contributed by atoms with Crippen molar-refractivity contribution in [3.05, 3.63) is 76.2 Å². The van der Waals surface area contributed by atoms with Gasteiger partial charge in [-0.3, -0.25) is 10.1 Å². The van der Waals surface area contributed by atoms with Gasteiger partial charge in [0.15, 0.2) is 0 Å². The van der Waals surface area contributed by atoms with E-state index in [2.05, 4.69) is 35.5 Å². The maximum Gasteiger partial charge on any atom is 0.241 e. The van der Waals surface area contributed by atoms with Crippen LogP contribution in [0.5, 0.6) is 0 Å². The summed E-state index contributed by atoms with van der Waals surface area (Å²) in [7, 11) is 0. The molecule has 3 aromatic rings. The molecular weight excluding hydrogens is 466 g/mol. The topological polar surface area (TPSA) is 77.8 Å². The van der Waals surface area contributed by atoms with Crippen LogP contribution in [0.4, 0.5) is 8.78 Å². The number of amides is 1. The number of nitriles is 1. The number of aromatic nitrogens is 1. The van der Waals surface area contributed by atoms with E-state index >= 15 is 0 Å². The maximum absolute atomic E-state index is 14.3. The molecule has 2 fully saturated rings. The van der Waals surface area contributed by atoms with Gasteiger partial charge in [0.2, 0.25) is 5.91 Å². The minimum absolute atomic E-state index is 0.132. The van der Waals surface area contributed by atoms with Gasteiger partial charge in [-0.05, 0) is 54.4 Å². The molecule has 0 spiro atoms. The van der Waals surface area contributed by atoms with Gasteiger partial charge < -0.3 is 5.32 Å². The first-order valence-electron chi connectivity index (χ1n) is 11.7. The van der Waals surface area contributed by atoms with E-state index in [0.717, 1.165) is 16.6 Å². The van der Waals surface area contributed by atoms with Crippen LogP contribution in [0, 0.1) is 34.8 Å². The van der Waals surface area contributed by atoms with Crippen molar-refractivity contribution < 1.29 is 13.6 Å². The lowest BCUT2D eigenvalue weighted by molar-refractivity contribution is -0.125. The van der Waals surface area contributed by atoms with Crippen molar-refractivity contribution in [3.8, 4) is 17.2 Å². The van der Waals surface area contributed by atoms with Gasteiger partial charge in [-0.25, -0.2) is 13.8 Å². The molecule has 1 amide bonds. The summed E-state index contributed by atoms with van der Waals surface area (Å²) in [6, 6.07) is 12.8. The highest BCUT2D eigenvalue weighted by molar-refractivity contribution is 7.09. The highest BCUT2D eigenvalue weighted by Gasteiger charge is 2.63. The van der Waals surface area contributed by atoms with E-state index in [0.29, 0.717) is 30.4 Å². The number of carbonyl (C=O) groups excluding carboxylic acids is 1. The Labute approximate surface area is 207 Å². The molecule has 2 saturated carbocycles. The largest absolute Gasteiger partial charge is 0.336 e. The molecule has 2 unspecified atom stereocenters. The van der Waals surface area contributed by atoms with Gasteiger partial charge in [0.1, 0.15) is 27.7 Å². The van der Waals surface area contributed by atoms with Crippen LogP contribution < -0.4 is 10.6 Å². The summed E-state index contributed by atoms with van der Waals surface area (Å²) in [5.41, 5.74) is 0.300. The lowest BCUT2D eigenvalue weighted by Crippen LogP contribution is -2.53. The predicted octanol–water partition coefficient (Wildman–Crippen LogP) is 5.35. The third-order valence-corrected chi connectivity index (χ3v) is 7.97. The Hall–Kier alpha value is -3.15. The lowest BCUT2D eigenvalue weighted by Gasteiger charge is -2.27. The van der Waals surface area contributed by atoms with Crippen molar-refractivity contribution in [2.45, 2.75) is 50.2 Å². The van der Waals surface area contributed by atoms with Crippen LogP contribution in [-0.4, -0.2) is 22.0 Å². The molecule has 5 nitrogen and oxygen atoms in total. The Morgan fingerprint density at radius 2 is 1.94 bits per heavy atom. The van der Waals surface area contributed by atoms with Crippen molar-refractivity contribution in [2.24, 2.45) is 11.8 Å². The fourth-order valence-electron chi connectivity index (χ4n) is 4.80. The van der Waals surface area contributed by atoms with E-state index in [1.807, 2.05) is 17.5 Å². The van der Waals surface area contributed by atoms with Crippen LogP contribution in [0.15, 0.2) is 54.0 Å². The zero-order chi connectivity index (χ0) is 24.8. The molecule has 35 heavy (non-hydrogen) atoms. The summed E-state index contributed by atoms with van der Waals surface area (Å²) in [4.78, 5) is 18.0. The zero-order valence-corrected chi connectivity index (χ0v) is 20.3. The second kappa shape index (κ2) is 8.81. The first kappa shape index (κ1) is 23.6. The average Bonchev–Trinajstić information content (AvgIpc) is 3.72. The van der Waals surface area contributed by atoms with E-state index in [-0.39, 0.29) is 23.8 Å². The SMILES string of the molecule is CC(C)C1CC1(N[C@@H](c1ccc(-c2ccc(F)cc2F)cc1)c1nccs1)C(=O)NC1(C#N)CC1. The van der Waals surface area contributed by atoms with Gasteiger partial charge in [0.25, 0.3) is 0 Å². The molecule has 180 valence electrons. The zero-order valence-electron chi connectivity index (χ0n) is 19.5. The highest BCUT2D eigenvalue weighted by atomic mass is 32.1. The van der Waals surface area contributed by atoms with Crippen molar-refractivity contribution in [1.82, 2.24) is 15.6 Å². The van der Waals surface area contributed by atoms with Gasteiger partial charge in [-0.1, -0.05) is 38.1 Å². The molecule has 2 aliphatic carbocycles. The fourth-order valence-corrected chi connectivity index (χ4v) is 5.52. The molecule has 1 heterocycles. The molecule has 2 aromatic carbocycles. The van der Waals surface area contributed by atoms with E-state index < -0.39 is 22.7 Å². The summed E-state index contributed by atoms with van der Waals surface area (Å²) in [5, 5.41) is 18.8. The first-order valence-corrected chi connectivity index (χ1v) is 12.6. The van der Waals surface area contributed by atoms with Crippen LogP contribution >= 0.6 is 11.3 Å². The first-order chi connectivity index (χ1) is 16.8. The molecule has 0 radical (unpaired) electrons. The minimum Gasteiger partial charge on any atom is -0.336 e. The number of rotatable bonds is 8. The number of halogens is 2. The van der Waals surface area contributed by atoms with Gasteiger partial charge in [0, 0.05) is 23.2 Å². The monoisotopic (exact) mass is 492 g/mol. The van der Waals surface area contributed by atoms with E-state index in [1.54, 1.807) is 18.3 Å². The van der Waals surface area contributed by atoms with E-state index in [1.165, 1.54) is 23.5 Å². The number of hydrogen-bond acceptors (Lipinski definition) is 5. The Morgan fingerprint density at radius 1 is 1.20 bits per heavy atom. The van der Waals surface area contributed by atoms with Crippen molar-refractivity contribution in [2.75, 3.05) is 0 Å². The molecule has 1 aromatic heterocycles. The molecule has 8 heteroatoms. The summed E-state index contributed by atoms with van der Waals surface area (Å²) >= 11 is 1.49. The highest BCUT2D eigenvalue weighted by Crippen LogP contribution is 2.51. The summed E-state index contributed by atoms with van der Waals surface area (Å²) in [5.74, 6) is -0.958. The van der Waals surface area contributed by atoms with Gasteiger partial charge in [0.05, 0.1) is 12.1 Å². The Balaban J connectivity index is 1.46. The van der Waals surface area contributed by atoms with E-state index in [4.69, 9.17) is 0 Å². The fraction of sp³-hybridized carbons (Fsp3) is 0.370. The molecule has 2 N–H and O–H groups in total. The Morgan fingerprint density at radius 3 is 2.49 bits per heavy atom. The molecular formula is C27H26F2N4OS. The maximum atomic E-state index is 14.3. The van der Waals surface area contributed by atoms with Crippen molar-refractivity contribution in [3.63, 3.8) is 0 Å². The predicted molar refractivity (Wildman–Crippen MR) is 130 cm³/mol. The van der Waals surface area contributed by atoms with Gasteiger partial charge in [-0.15, -0.1) is 11.3 Å². The number of benzene rings is 2. The Kier molecular flexibility index (Phi) is 5.94. The minimum atomic E-state index is -0.793. The average molecular weight is 493 g/mol. The number of carbonyl (C=O) groups is 1. The quantitative estimate of drug-likeness (QED) is 0.444. The van der Waals surface area contributed by atoms with Gasteiger partial charge >= 0.3 is 0 Å². The van der Waals surface area contributed by atoms with Crippen LogP contribution in [0.3, 0.4) is 0 Å². The normalized spacial score (nSPS) is 22.9. The summed E-state index contributed by atoms with van der Waals surface area (Å²) < 4.78 is 27.6.